The average molecular weight is 455 g/mol. The Bertz CT molecular complexity index is 1410. The number of carbonyl (C=O) groups excluding carboxylic acids is 1. The van der Waals surface area contributed by atoms with Crippen molar-refractivity contribution in [1.29, 1.82) is 0 Å². The van der Waals surface area contributed by atoms with E-state index in [2.05, 4.69) is 20.5 Å². The van der Waals surface area contributed by atoms with Gasteiger partial charge in [0, 0.05) is 11.1 Å². The average Bonchev–Trinajstić information content (AvgIpc) is 3.46. The van der Waals surface area contributed by atoms with Gasteiger partial charge in [0.15, 0.2) is 11.6 Å². The van der Waals surface area contributed by atoms with Crippen LogP contribution in [0.15, 0.2) is 78.9 Å². The van der Waals surface area contributed by atoms with Crippen LogP contribution < -0.4 is 5.32 Å². The first-order chi connectivity index (χ1) is 16.2. The van der Waals surface area contributed by atoms with Gasteiger partial charge < -0.3 is 9.88 Å². The lowest BCUT2D eigenvalue weighted by Gasteiger charge is -2.12. The molecule has 0 bridgehead atoms. The zero-order valence-electron chi connectivity index (χ0n) is 18.0. The van der Waals surface area contributed by atoms with Gasteiger partial charge in [0.1, 0.15) is 12.4 Å². The number of hydrogen-bond acceptors (Lipinski definition) is 5. The Balaban J connectivity index is 1.41. The Labute approximate surface area is 195 Å². The molecule has 5 aromatic rings. The number of aromatic nitrogens is 5. The van der Waals surface area contributed by atoms with Crippen molar-refractivity contribution in [1.82, 2.24) is 24.7 Å². The van der Waals surface area contributed by atoms with Crippen LogP contribution in [0.1, 0.15) is 5.82 Å². The van der Waals surface area contributed by atoms with Gasteiger partial charge in [-0.15, -0.1) is 0 Å². The first-order valence-electron chi connectivity index (χ1n) is 10.5. The van der Waals surface area contributed by atoms with E-state index in [1.54, 1.807) is 11.8 Å². The number of anilines is 1. The summed E-state index contributed by atoms with van der Waals surface area (Å²) in [5, 5.41) is 10.4. The lowest BCUT2D eigenvalue weighted by molar-refractivity contribution is -0.116. The predicted octanol–water partition coefficient (Wildman–Crippen LogP) is 4.99. The Hall–Kier alpha value is -3.91. The molecule has 0 saturated carbocycles. The van der Waals surface area contributed by atoms with E-state index in [0.29, 0.717) is 17.3 Å². The Morgan fingerprint density at radius 2 is 1.73 bits per heavy atom. The number of benzene rings is 3. The van der Waals surface area contributed by atoms with Crippen LogP contribution in [0.3, 0.4) is 0 Å². The Morgan fingerprint density at radius 3 is 2.58 bits per heavy atom. The smallest absolute Gasteiger partial charge is 0.244 e. The maximum absolute atomic E-state index is 13.1. The minimum Gasteiger partial charge on any atom is -0.324 e. The van der Waals surface area contributed by atoms with E-state index in [9.17, 15) is 4.79 Å². The highest BCUT2D eigenvalue weighted by molar-refractivity contribution is 7.97. The fraction of sp³-hybridized carbons (Fsp3) is 0.120. The van der Waals surface area contributed by atoms with E-state index < -0.39 is 0 Å². The van der Waals surface area contributed by atoms with E-state index in [4.69, 9.17) is 4.98 Å². The molecule has 0 atom stereocenters. The van der Waals surface area contributed by atoms with Gasteiger partial charge in [0.25, 0.3) is 0 Å². The quantitative estimate of drug-likeness (QED) is 0.362. The number of aromatic amines is 1. The van der Waals surface area contributed by atoms with E-state index in [0.717, 1.165) is 33.7 Å². The van der Waals surface area contributed by atoms with E-state index in [1.807, 2.05) is 89.7 Å². The van der Waals surface area contributed by atoms with Gasteiger partial charge in [0.05, 0.1) is 22.5 Å². The molecule has 0 spiro atoms. The third-order valence-corrected chi connectivity index (χ3v) is 5.83. The molecular formula is C25H22N6OS. The largest absolute Gasteiger partial charge is 0.324 e. The molecule has 5 rings (SSSR count). The van der Waals surface area contributed by atoms with Crippen LogP contribution in [0, 0.1) is 0 Å². The van der Waals surface area contributed by atoms with Crippen molar-refractivity contribution in [2.24, 2.45) is 0 Å². The minimum atomic E-state index is -0.129. The van der Waals surface area contributed by atoms with Crippen molar-refractivity contribution in [2.75, 3.05) is 11.6 Å². The van der Waals surface area contributed by atoms with Crippen LogP contribution in [-0.2, 0) is 17.1 Å². The van der Waals surface area contributed by atoms with Crippen LogP contribution >= 0.6 is 11.8 Å². The number of para-hydroxylation sites is 3. The molecule has 164 valence electrons. The van der Waals surface area contributed by atoms with Gasteiger partial charge in [-0.3, -0.25) is 9.89 Å². The third kappa shape index (κ3) is 4.38. The monoisotopic (exact) mass is 454 g/mol. The van der Waals surface area contributed by atoms with Gasteiger partial charge in [0.2, 0.25) is 5.91 Å². The van der Waals surface area contributed by atoms with Crippen LogP contribution in [-0.4, -0.2) is 36.9 Å². The lowest BCUT2D eigenvalue weighted by atomic mass is 10.1. The number of H-pyrrole nitrogens is 1. The van der Waals surface area contributed by atoms with Crippen molar-refractivity contribution >= 4 is 34.4 Å². The Kier molecular flexibility index (Phi) is 5.91. The molecule has 33 heavy (non-hydrogen) atoms. The van der Waals surface area contributed by atoms with Crippen molar-refractivity contribution < 1.29 is 4.79 Å². The fourth-order valence-electron chi connectivity index (χ4n) is 3.77. The second kappa shape index (κ2) is 9.30. The molecule has 0 aliphatic carbocycles. The van der Waals surface area contributed by atoms with Crippen molar-refractivity contribution in [2.45, 2.75) is 12.3 Å². The summed E-state index contributed by atoms with van der Waals surface area (Å²) in [7, 11) is 0. The van der Waals surface area contributed by atoms with E-state index >= 15 is 0 Å². The number of carbonyl (C=O) groups is 1. The number of imidazole rings is 1. The molecule has 7 nitrogen and oxygen atoms in total. The molecule has 0 saturated heterocycles. The zero-order chi connectivity index (χ0) is 22.6. The number of nitrogens with zero attached hydrogens (tertiary/aromatic N) is 4. The SMILES string of the molecule is CSCc1nc2ccccc2n1CC(=O)Nc1ccccc1-c1nc(-c2ccccc2)n[nH]1. The highest BCUT2D eigenvalue weighted by Crippen LogP contribution is 2.27. The van der Waals surface area contributed by atoms with Crippen molar-refractivity contribution in [3.8, 4) is 22.8 Å². The molecule has 2 N–H and O–H groups in total. The standard InChI is InChI=1S/C25H22N6OS/c1-33-16-22-26-20-13-7-8-14-21(20)31(22)15-23(32)27-19-12-6-5-11-18(19)25-28-24(29-30-25)17-9-3-2-4-10-17/h2-14H,15-16H2,1H3,(H,27,32)(H,28,29,30). The predicted molar refractivity (Wildman–Crippen MR) is 133 cm³/mol. The first-order valence-corrected chi connectivity index (χ1v) is 11.9. The van der Waals surface area contributed by atoms with E-state index in [-0.39, 0.29) is 12.5 Å². The normalized spacial score (nSPS) is 11.1. The number of nitrogens with one attached hydrogen (secondary N) is 2. The van der Waals surface area contributed by atoms with Crippen molar-refractivity contribution in [3.63, 3.8) is 0 Å². The summed E-state index contributed by atoms with van der Waals surface area (Å²) in [6, 6.07) is 25.2. The maximum Gasteiger partial charge on any atom is 0.244 e. The Morgan fingerprint density at radius 1 is 0.970 bits per heavy atom. The number of amides is 1. The molecule has 2 heterocycles. The molecule has 2 aromatic heterocycles. The summed E-state index contributed by atoms with van der Waals surface area (Å²) < 4.78 is 1.98. The number of fused-ring (bicyclic) bond motifs is 1. The van der Waals surface area contributed by atoms with Gasteiger partial charge >= 0.3 is 0 Å². The maximum atomic E-state index is 13.1. The molecular weight excluding hydrogens is 432 g/mol. The molecule has 1 amide bonds. The minimum absolute atomic E-state index is 0.129. The molecule has 0 aliphatic heterocycles. The van der Waals surface area contributed by atoms with E-state index in [1.165, 1.54) is 0 Å². The number of thioether (sulfide) groups is 1. The second-order valence-corrected chi connectivity index (χ2v) is 8.37. The second-order valence-electron chi connectivity index (χ2n) is 7.50. The fourth-order valence-corrected chi connectivity index (χ4v) is 4.25. The van der Waals surface area contributed by atoms with Crippen LogP contribution in [0.2, 0.25) is 0 Å². The number of hydrogen-bond donors (Lipinski definition) is 2. The summed E-state index contributed by atoms with van der Waals surface area (Å²) in [6.45, 7) is 0.177. The molecule has 3 aromatic carbocycles. The zero-order valence-corrected chi connectivity index (χ0v) is 18.8. The van der Waals surface area contributed by atoms with Crippen molar-refractivity contribution in [3.05, 3.63) is 84.7 Å². The van der Waals surface area contributed by atoms with Crippen LogP contribution in [0.4, 0.5) is 5.69 Å². The molecule has 8 heteroatoms. The molecule has 0 aliphatic rings. The van der Waals surface area contributed by atoms with Gasteiger partial charge in [-0.05, 0) is 30.5 Å². The van der Waals surface area contributed by atoms with Crippen LogP contribution in [0.5, 0.6) is 0 Å². The number of rotatable bonds is 7. The highest BCUT2D eigenvalue weighted by Gasteiger charge is 2.16. The summed E-state index contributed by atoms with van der Waals surface area (Å²) >= 11 is 1.68. The lowest BCUT2D eigenvalue weighted by Crippen LogP contribution is -2.20. The van der Waals surface area contributed by atoms with Crippen LogP contribution in [0.25, 0.3) is 33.8 Å². The summed E-state index contributed by atoms with van der Waals surface area (Å²) in [5.74, 6) is 2.70. The summed E-state index contributed by atoms with van der Waals surface area (Å²) in [4.78, 5) is 22.4. The van der Waals surface area contributed by atoms with Gasteiger partial charge in [-0.1, -0.05) is 54.6 Å². The molecule has 0 radical (unpaired) electrons. The molecule has 0 unspecified atom stereocenters. The third-order valence-electron chi connectivity index (χ3n) is 5.28. The summed E-state index contributed by atoms with van der Waals surface area (Å²) in [6.07, 6.45) is 2.03. The topological polar surface area (TPSA) is 88.5 Å². The highest BCUT2D eigenvalue weighted by atomic mass is 32.2. The van der Waals surface area contributed by atoms with Gasteiger partial charge in [-0.25, -0.2) is 9.97 Å². The molecule has 0 fully saturated rings. The first kappa shape index (κ1) is 21.0. The summed E-state index contributed by atoms with van der Waals surface area (Å²) in [5.41, 5.74) is 4.22. The van der Waals surface area contributed by atoms with Gasteiger partial charge in [-0.2, -0.15) is 16.9 Å².